The molecule has 2 nitrogen and oxygen atoms in total. The van der Waals surface area contributed by atoms with Crippen molar-refractivity contribution < 1.29 is 13.2 Å². The largest absolute Gasteiger partial charge is 0.398 e. The second-order valence-corrected chi connectivity index (χ2v) is 5.99. The van der Waals surface area contributed by atoms with Crippen molar-refractivity contribution in [3.8, 4) is 0 Å². The summed E-state index contributed by atoms with van der Waals surface area (Å²) in [5, 5.41) is 1.42. The van der Waals surface area contributed by atoms with Gasteiger partial charge in [0.15, 0.2) is 0 Å². The lowest BCUT2D eigenvalue weighted by Gasteiger charge is -2.18. The Morgan fingerprint density at radius 3 is 2.67 bits per heavy atom. The highest BCUT2D eigenvalue weighted by atomic mass is 79.9. The third-order valence-corrected chi connectivity index (χ3v) is 5.13. The van der Waals surface area contributed by atoms with Crippen molar-refractivity contribution in [1.82, 2.24) is 9.97 Å². The first-order valence-corrected chi connectivity index (χ1v) is 7.29. The van der Waals surface area contributed by atoms with Crippen molar-refractivity contribution in [3.63, 3.8) is 0 Å². The summed E-state index contributed by atoms with van der Waals surface area (Å²) < 4.78 is 39.0. The molecule has 0 saturated heterocycles. The van der Waals surface area contributed by atoms with Crippen molar-refractivity contribution in [1.29, 1.82) is 0 Å². The summed E-state index contributed by atoms with van der Waals surface area (Å²) in [5.74, 6) is 0. The second-order valence-electron chi connectivity index (χ2n) is 4.37. The molecule has 3 rings (SSSR count). The molecule has 0 atom stereocenters. The van der Waals surface area contributed by atoms with E-state index in [1.54, 1.807) is 0 Å². The highest BCUT2D eigenvalue weighted by Gasteiger charge is 2.64. The van der Waals surface area contributed by atoms with Crippen LogP contribution in [0, 0.1) is 0 Å². The minimum absolute atomic E-state index is 0.152. The Kier molecular flexibility index (Phi) is 2.68. The maximum Gasteiger partial charge on any atom is 0.398 e. The molecule has 1 aliphatic rings. The molecule has 96 valence electrons. The predicted molar refractivity (Wildman–Crippen MR) is 67.0 cm³/mol. The van der Waals surface area contributed by atoms with E-state index in [0.717, 1.165) is 5.01 Å². The number of alkyl halides is 4. The van der Waals surface area contributed by atoms with Crippen LogP contribution in [0.1, 0.15) is 23.4 Å². The molecule has 0 radical (unpaired) electrons. The number of hydrogen-bond acceptors (Lipinski definition) is 3. The van der Waals surface area contributed by atoms with Gasteiger partial charge in [-0.15, -0.1) is 0 Å². The van der Waals surface area contributed by atoms with Gasteiger partial charge in [0.1, 0.15) is 15.4 Å². The first-order chi connectivity index (χ1) is 8.46. The van der Waals surface area contributed by atoms with Crippen molar-refractivity contribution >= 4 is 37.6 Å². The molecule has 0 bridgehead atoms. The minimum Gasteiger partial charge on any atom is -0.243 e. The van der Waals surface area contributed by atoms with Crippen LogP contribution in [-0.2, 0) is 10.7 Å². The fourth-order valence-electron chi connectivity index (χ4n) is 2.05. The van der Waals surface area contributed by atoms with Crippen LogP contribution >= 0.6 is 27.3 Å². The molecule has 0 amide bonds. The van der Waals surface area contributed by atoms with E-state index in [0.29, 0.717) is 15.7 Å². The van der Waals surface area contributed by atoms with Crippen molar-refractivity contribution in [2.75, 3.05) is 0 Å². The molecular weight excluding hydrogens is 329 g/mol. The fraction of sp³-hybridized carbons (Fsp3) is 0.455. The zero-order valence-electron chi connectivity index (χ0n) is 9.09. The van der Waals surface area contributed by atoms with E-state index in [2.05, 4.69) is 25.9 Å². The summed E-state index contributed by atoms with van der Waals surface area (Å²) in [6.45, 7) is 0. The summed E-state index contributed by atoms with van der Waals surface area (Å²) in [5.41, 5.74) is -0.872. The third kappa shape index (κ3) is 1.75. The maximum atomic E-state index is 13.0. The van der Waals surface area contributed by atoms with Crippen LogP contribution in [0.3, 0.4) is 0 Å². The molecule has 1 aliphatic carbocycles. The number of rotatable bonds is 2. The molecule has 1 fully saturated rings. The number of pyridine rings is 1. The van der Waals surface area contributed by atoms with Gasteiger partial charge in [0, 0.05) is 6.20 Å². The molecule has 0 N–H and O–H groups in total. The smallest absolute Gasteiger partial charge is 0.243 e. The van der Waals surface area contributed by atoms with Crippen molar-refractivity contribution in [2.45, 2.75) is 29.8 Å². The Morgan fingerprint density at radius 1 is 1.39 bits per heavy atom. The SMILES string of the molecule is FC(F)(F)C1(c2cnc3sc(CBr)nc3c2)CC1. The Hall–Kier alpha value is -0.690. The summed E-state index contributed by atoms with van der Waals surface area (Å²) >= 11 is 4.67. The summed E-state index contributed by atoms with van der Waals surface area (Å²) in [7, 11) is 0. The van der Waals surface area contributed by atoms with Gasteiger partial charge < -0.3 is 0 Å². The summed E-state index contributed by atoms with van der Waals surface area (Å²) in [6, 6.07) is 1.53. The van der Waals surface area contributed by atoms with E-state index in [1.165, 1.54) is 23.6 Å². The minimum atomic E-state index is -4.20. The molecule has 2 aromatic rings. The van der Waals surface area contributed by atoms with Gasteiger partial charge in [-0.1, -0.05) is 27.3 Å². The van der Waals surface area contributed by atoms with E-state index in [1.807, 2.05) is 0 Å². The second kappa shape index (κ2) is 3.90. The lowest BCUT2D eigenvalue weighted by atomic mass is 9.97. The van der Waals surface area contributed by atoms with Crippen LogP contribution in [0.4, 0.5) is 13.2 Å². The normalized spacial score (nSPS) is 18.2. The summed E-state index contributed by atoms with van der Waals surface area (Å²) in [4.78, 5) is 9.05. The zero-order valence-corrected chi connectivity index (χ0v) is 11.5. The fourth-order valence-corrected chi connectivity index (χ4v) is 3.25. The van der Waals surface area contributed by atoms with Crippen LogP contribution in [0.25, 0.3) is 10.3 Å². The van der Waals surface area contributed by atoms with E-state index in [-0.39, 0.29) is 18.4 Å². The Labute approximate surface area is 113 Å². The molecule has 0 aliphatic heterocycles. The monoisotopic (exact) mass is 336 g/mol. The van der Waals surface area contributed by atoms with Gasteiger partial charge in [-0.05, 0) is 24.5 Å². The zero-order chi connectivity index (χ0) is 13.0. The number of fused-ring (bicyclic) bond motifs is 1. The molecule has 0 aromatic carbocycles. The van der Waals surface area contributed by atoms with Gasteiger partial charge >= 0.3 is 6.18 Å². The van der Waals surface area contributed by atoms with Gasteiger partial charge in [-0.25, -0.2) is 9.97 Å². The number of aromatic nitrogens is 2. The van der Waals surface area contributed by atoms with Crippen LogP contribution in [-0.4, -0.2) is 16.1 Å². The van der Waals surface area contributed by atoms with Crippen molar-refractivity contribution in [2.24, 2.45) is 0 Å². The molecular formula is C11H8BrF3N2S. The van der Waals surface area contributed by atoms with Gasteiger partial charge in [0.05, 0.1) is 10.7 Å². The van der Waals surface area contributed by atoms with Crippen molar-refractivity contribution in [3.05, 3.63) is 22.8 Å². The molecule has 1 saturated carbocycles. The van der Waals surface area contributed by atoms with E-state index in [4.69, 9.17) is 0 Å². The number of hydrogen-bond donors (Lipinski definition) is 0. The first kappa shape index (κ1) is 12.3. The number of nitrogens with zero attached hydrogens (tertiary/aromatic N) is 2. The molecule has 0 unspecified atom stereocenters. The molecule has 18 heavy (non-hydrogen) atoms. The first-order valence-electron chi connectivity index (χ1n) is 5.35. The lowest BCUT2D eigenvalue weighted by molar-refractivity contribution is -0.160. The highest BCUT2D eigenvalue weighted by Crippen LogP contribution is 2.58. The maximum absolute atomic E-state index is 13.0. The van der Waals surface area contributed by atoms with Crippen LogP contribution in [0.5, 0.6) is 0 Å². The average molecular weight is 337 g/mol. The molecule has 7 heteroatoms. The highest BCUT2D eigenvalue weighted by molar-refractivity contribution is 9.08. The van der Waals surface area contributed by atoms with Gasteiger partial charge in [-0.2, -0.15) is 13.2 Å². The van der Waals surface area contributed by atoms with E-state index in [9.17, 15) is 13.2 Å². The quantitative estimate of drug-likeness (QED) is 0.769. The van der Waals surface area contributed by atoms with E-state index < -0.39 is 11.6 Å². The number of halogens is 4. The van der Waals surface area contributed by atoms with Crippen LogP contribution in [0.15, 0.2) is 12.3 Å². The third-order valence-electron chi connectivity index (χ3n) is 3.25. The average Bonchev–Trinajstić information content (AvgIpc) is 3.03. The Balaban J connectivity index is 2.09. The van der Waals surface area contributed by atoms with Gasteiger partial charge in [-0.3, -0.25) is 0 Å². The topological polar surface area (TPSA) is 25.8 Å². The lowest BCUT2D eigenvalue weighted by Crippen LogP contribution is -2.28. The van der Waals surface area contributed by atoms with Gasteiger partial charge in [0.2, 0.25) is 0 Å². The Morgan fingerprint density at radius 2 is 2.11 bits per heavy atom. The molecule has 0 spiro atoms. The van der Waals surface area contributed by atoms with Crippen LogP contribution in [0.2, 0.25) is 0 Å². The summed E-state index contributed by atoms with van der Waals surface area (Å²) in [6.07, 6.45) is -2.55. The predicted octanol–water partition coefficient (Wildman–Crippen LogP) is 4.18. The van der Waals surface area contributed by atoms with Gasteiger partial charge in [0.25, 0.3) is 0 Å². The van der Waals surface area contributed by atoms with Crippen LogP contribution < -0.4 is 0 Å². The molecule has 2 heterocycles. The van der Waals surface area contributed by atoms with E-state index >= 15 is 0 Å². The molecule has 2 aromatic heterocycles. The Bertz CT molecular complexity index is 604. The number of thiazole rings is 1. The standard InChI is InChI=1S/C11H8BrF3N2S/c12-4-8-17-7-3-6(5-16-9(7)18-8)10(1-2-10)11(13,14)15/h3,5H,1-2,4H2.